The summed E-state index contributed by atoms with van der Waals surface area (Å²) in [5, 5.41) is 3.09. The van der Waals surface area contributed by atoms with Crippen molar-refractivity contribution in [1.29, 1.82) is 0 Å². The van der Waals surface area contributed by atoms with Crippen molar-refractivity contribution in [2.45, 2.75) is 26.7 Å². The molecule has 28 heavy (non-hydrogen) atoms. The summed E-state index contributed by atoms with van der Waals surface area (Å²) >= 11 is 0. The molecule has 1 saturated heterocycles. The number of amides is 1. The molecule has 1 heterocycles. The summed E-state index contributed by atoms with van der Waals surface area (Å²) < 4.78 is 5.73. The van der Waals surface area contributed by atoms with Crippen LogP contribution in [0.2, 0.25) is 0 Å². The average molecular weight is 382 g/mol. The normalized spacial score (nSPS) is 14.7. The van der Waals surface area contributed by atoms with E-state index in [1.165, 1.54) is 5.56 Å². The number of nitrogens with zero attached hydrogens (tertiary/aromatic N) is 2. The molecule has 1 aliphatic rings. The van der Waals surface area contributed by atoms with Gasteiger partial charge in [-0.2, -0.15) is 0 Å². The SMILES string of the molecule is CCN1CCN(c2ccccc2NC(=O)CCCOc2cccc(C)c2)CC1. The first-order valence-electron chi connectivity index (χ1n) is 10.2. The molecule has 1 N–H and O–H groups in total. The van der Waals surface area contributed by atoms with Gasteiger partial charge in [0.15, 0.2) is 0 Å². The van der Waals surface area contributed by atoms with Crippen molar-refractivity contribution in [2.75, 3.05) is 49.5 Å². The Morgan fingerprint density at radius 1 is 1.07 bits per heavy atom. The number of carbonyl (C=O) groups excluding carboxylic acids is 1. The van der Waals surface area contributed by atoms with E-state index in [9.17, 15) is 4.79 Å². The lowest BCUT2D eigenvalue weighted by Gasteiger charge is -2.36. The topological polar surface area (TPSA) is 44.8 Å². The van der Waals surface area contributed by atoms with Gasteiger partial charge in [-0.05, 0) is 49.7 Å². The van der Waals surface area contributed by atoms with Gasteiger partial charge in [0, 0.05) is 32.6 Å². The smallest absolute Gasteiger partial charge is 0.224 e. The predicted octanol–water partition coefficient (Wildman–Crippen LogP) is 3.93. The van der Waals surface area contributed by atoms with Crippen molar-refractivity contribution in [3.05, 3.63) is 54.1 Å². The Morgan fingerprint density at radius 2 is 1.86 bits per heavy atom. The second-order valence-corrected chi connectivity index (χ2v) is 7.26. The molecular formula is C23H31N3O2. The van der Waals surface area contributed by atoms with Crippen molar-refractivity contribution in [1.82, 2.24) is 4.90 Å². The lowest BCUT2D eigenvalue weighted by Crippen LogP contribution is -2.46. The Kier molecular flexibility index (Phi) is 7.31. The van der Waals surface area contributed by atoms with Gasteiger partial charge in [-0.25, -0.2) is 0 Å². The number of likely N-dealkylation sites (N-methyl/N-ethyl adjacent to an activating group) is 1. The quantitative estimate of drug-likeness (QED) is 0.704. The number of carbonyl (C=O) groups is 1. The summed E-state index contributed by atoms with van der Waals surface area (Å²) in [6.45, 7) is 9.99. The number of piperazine rings is 1. The first-order chi connectivity index (χ1) is 13.7. The zero-order valence-corrected chi connectivity index (χ0v) is 17.0. The summed E-state index contributed by atoms with van der Waals surface area (Å²) in [7, 11) is 0. The van der Waals surface area contributed by atoms with Gasteiger partial charge >= 0.3 is 0 Å². The second-order valence-electron chi connectivity index (χ2n) is 7.26. The highest BCUT2D eigenvalue weighted by Crippen LogP contribution is 2.26. The highest BCUT2D eigenvalue weighted by molar-refractivity contribution is 5.94. The summed E-state index contributed by atoms with van der Waals surface area (Å²) in [6, 6.07) is 16.1. The van der Waals surface area contributed by atoms with Crippen LogP contribution in [0, 0.1) is 6.92 Å². The number of nitrogens with one attached hydrogen (secondary N) is 1. The summed E-state index contributed by atoms with van der Waals surface area (Å²) in [4.78, 5) is 17.2. The second kappa shape index (κ2) is 10.1. The van der Waals surface area contributed by atoms with E-state index in [0.29, 0.717) is 19.4 Å². The maximum atomic E-state index is 12.4. The van der Waals surface area contributed by atoms with Gasteiger partial charge < -0.3 is 19.9 Å². The van der Waals surface area contributed by atoms with Crippen LogP contribution in [0.4, 0.5) is 11.4 Å². The maximum Gasteiger partial charge on any atom is 0.224 e. The first kappa shape index (κ1) is 20.2. The molecule has 1 amide bonds. The molecule has 5 heteroatoms. The largest absolute Gasteiger partial charge is 0.494 e. The van der Waals surface area contributed by atoms with E-state index < -0.39 is 0 Å². The van der Waals surface area contributed by atoms with E-state index in [-0.39, 0.29) is 5.91 Å². The van der Waals surface area contributed by atoms with Crippen LogP contribution in [0.1, 0.15) is 25.3 Å². The number of aryl methyl sites for hydroxylation is 1. The maximum absolute atomic E-state index is 12.4. The number of hydrogen-bond acceptors (Lipinski definition) is 4. The van der Waals surface area contributed by atoms with Crippen molar-refractivity contribution in [3.63, 3.8) is 0 Å². The molecule has 1 aliphatic heterocycles. The average Bonchev–Trinajstić information content (AvgIpc) is 2.72. The van der Waals surface area contributed by atoms with Crippen LogP contribution < -0.4 is 15.0 Å². The molecule has 0 spiro atoms. The fraction of sp³-hybridized carbons (Fsp3) is 0.435. The number of hydrogen-bond donors (Lipinski definition) is 1. The van der Waals surface area contributed by atoms with Crippen molar-refractivity contribution in [3.8, 4) is 5.75 Å². The van der Waals surface area contributed by atoms with Gasteiger partial charge in [0.05, 0.1) is 18.0 Å². The Morgan fingerprint density at radius 3 is 2.61 bits per heavy atom. The molecule has 150 valence electrons. The van der Waals surface area contributed by atoms with Crippen LogP contribution >= 0.6 is 0 Å². The van der Waals surface area contributed by atoms with E-state index in [0.717, 1.165) is 49.8 Å². The minimum absolute atomic E-state index is 0.0347. The first-order valence-corrected chi connectivity index (χ1v) is 10.2. The van der Waals surface area contributed by atoms with Gasteiger partial charge in [0.2, 0.25) is 5.91 Å². The third-order valence-electron chi connectivity index (χ3n) is 5.14. The molecule has 3 rings (SSSR count). The molecule has 2 aromatic rings. The Bertz CT molecular complexity index is 770. The highest BCUT2D eigenvalue weighted by atomic mass is 16.5. The molecule has 5 nitrogen and oxygen atoms in total. The third kappa shape index (κ3) is 5.73. The molecule has 0 bridgehead atoms. The van der Waals surface area contributed by atoms with Gasteiger partial charge in [-0.1, -0.05) is 31.2 Å². The minimum atomic E-state index is 0.0347. The summed E-state index contributed by atoms with van der Waals surface area (Å²) in [6.07, 6.45) is 1.14. The number of benzene rings is 2. The lowest BCUT2D eigenvalue weighted by molar-refractivity contribution is -0.116. The third-order valence-corrected chi connectivity index (χ3v) is 5.14. The standard InChI is InChI=1S/C23H31N3O2/c1-3-25-13-15-26(16-14-25)22-11-5-4-10-21(22)24-23(27)12-7-17-28-20-9-6-8-19(2)18-20/h4-6,8-11,18H,3,7,12-17H2,1-2H3,(H,24,27). The Balaban J connectivity index is 1.47. The fourth-order valence-electron chi connectivity index (χ4n) is 3.50. The van der Waals surface area contributed by atoms with Crippen LogP contribution in [-0.2, 0) is 4.79 Å². The van der Waals surface area contributed by atoms with E-state index in [1.54, 1.807) is 0 Å². The number of anilines is 2. The summed E-state index contributed by atoms with van der Waals surface area (Å²) in [5.74, 6) is 0.893. The van der Waals surface area contributed by atoms with Crippen molar-refractivity contribution < 1.29 is 9.53 Å². The molecule has 2 aromatic carbocycles. The lowest BCUT2D eigenvalue weighted by atomic mass is 10.2. The van der Waals surface area contributed by atoms with Gasteiger partial charge in [-0.15, -0.1) is 0 Å². The van der Waals surface area contributed by atoms with E-state index in [4.69, 9.17) is 4.74 Å². The molecule has 0 unspecified atom stereocenters. The Labute approximate surface area is 168 Å². The number of rotatable bonds is 8. The van der Waals surface area contributed by atoms with E-state index in [2.05, 4.69) is 28.1 Å². The number of ether oxygens (including phenoxy) is 1. The minimum Gasteiger partial charge on any atom is -0.494 e. The molecule has 0 saturated carbocycles. The molecule has 1 fully saturated rings. The van der Waals surface area contributed by atoms with Crippen LogP contribution in [-0.4, -0.2) is 50.1 Å². The zero-order chi connectivity index (χ0) is 19.8. The van der Waals surface area contributed by atoms with Crippen LogP contribution in [0.5, 0.6) is 5.75 Å². The predicted molar refractivity (Wildman–Crippen MR) is 115 cm³/mol. The van der Waals surface area contributed by atoms with E-state index in [1.807, 2.05) is 49.4 Å². The monoisotopic (exact) mass is 381 g/mol. The Hall–Kier alpha value is -2.53. The van der Waals surface area contributed by atoms with Gasteiger partial charge in [0.25, 0.3) is 0 Å². The van der Waals surface area contributed by atoms with Crippen LogP contribution in [0.3, 0.4) is 0 Å². The molecule has 0 radical (unpaired) electrons. The fourth-order valence-corrected chi connectivity index (χ4v) is 3.50. The summed E-state index contributed by atoms with van der Waals surface area (Å²) in [5.41, 5.74) is 3.19. The van der Waals surface area contributed by atoms with Crippen molar-refractivity contribution >= 4 is 17.3 Å². The molecule has 0 aromatic heterocycles. The molecule has 0 aliphatic carbocycles. The van der Waals surface area contributed by atoms with Crippen molar-refractivity contribution in [2.24, 2.45) is 0 Å². The molecular weight excluding hydrogens is 350 g/mol. The zero-order valence-electron chi connectivity index (χ0n) is 17.0. The number of para-hydroxylation sites is 2. The molecule has 0 atom stereocenters. The van der Waals surface area contributed by atoms with Crippen LogP contribution in [0.15, 0.2) is 48.5 Å². The van der Waals surface area contributed by atoms with Gasteiger partial charge in [-0.3, -0.25) is 4.79 Å². The van der Waals surface area contributed by atoms with Crippen LogP contribution in [0.25, 0.3) is 0 Å². The highest BCUT2D eigenvalue weighted by Gasteiger charge is 2.18. The van der Waals surface area contributed by atoms with Gasteiger partial charge in [0.1, 0.15) is 5.75 Å². The van der Waals surface area contributed by atoms with E-state index >= 15 is 0 Å².